The van der Waals surface area contributed by atoms with Crippen LogP contribution in [0.4, 0.5) is 5.69 Å². The van der Waals surface area contributed by atoms with E-state index in [4.69, 9.17) is 16.6 Å². The van der Waals surface area contributed by atoms with Crippen LogP contribution in [-0.2, 0) is 4.79 Å². The van der Waals surface area contributed by atoms with Crippen molar-refractivity contribution in [1.29, 1.82) is 0 Å². The van der Waals surface area contributed by atoms with Crippen LogP contribution < -0.4 is 10.6 Å². The molecule has 2 aromatic carbocycles. The van der Waals surface area contributed by atoms with Crippen LogP contribution in [-0.4, -0.2) is 16.0 Å². The lowest BCUT2D eigenvalue weighted by Crippen LogP contribution is -2.32. The SMILES string of the molecule is CC(=O)NC(=S)Nc1cc(-c2nc3cc(C(C)C)ccc3o2)ccc1C. The van der Waals surface area contributed by atoms with Gasteiger partial charge in [0.05, 0.1) is 0 Å². The molecule has 3 rings (SSSR count). The largest absolute Gasteiger partial charge is 0.436 e. The zero-order valence-electron chi connectivity index (χ0n) is 15.2. The number of hydrogen-bond acceptors (Lipinski definition) is 4. The van der Waals surface area contributed by atoms with Gasteiger partial charge in [0.2, 0.25) is 11.8 Å². The predicted molar refractivity (Wildman–Crippen MR) is 108 cm³/mol. The summed E-state index contributed by atoms with van der Waals surface area (Å²) in [5, 5.41) is 5.86. The van der Waals surface area contributed by atoms with Crippen molar-refractivity contribution in [3.8, 4) is 11.5 Å². The Balaban J connectivity index is 1.94. The number of amides is 1. The van der Waals surface area contributed by atoms with E-state index in [0.29, 0.717) is 11.8 Å². The van der Waals surface area contributed by atoms with Crippen LogP contribution in [0.3, 0.4) is 0 Å². The summed E-state index contributed by atoms with van der Waals surface area (Å²) in [4.78, 5) is 15.8. The molecule has 0 spiro atoms. The molecule has 0 radical (unpaired) electrons. The van der Waals surface area contributed by atoms with Crippen molar-refractivity contribution in [1.82, 2.24) is 10.3 Å². The van der Waals surface area contributed by atoms with Crippen LogP contribution >= 0.6 is 12.2 Å². The number of hydrogen-bond donors (Lipinski definition) is 2. The number of oxazole rings is 1. The summed E-state index contributed by atoms with van der Waals surface area (Å²) in [5.41, 5.74) is 5.46. The summed E-state index contributed by atoms with van der Waals surface area (Å²) in [5.74, 6) is 0.773. The van der Waals surface area contributed by atoms with E-state index in [0.717, 1.165) is 27.9 Å². The molecule has 0 saturated heterocycles. The third kappa shape index (κ3) is 3.91. The van der Waals surface area contributed by atoms with E-state index in [-0.39, 0.29) is 11.0 Å². The Labute approximate surface area is 157 Å². The zero-order chi connectivity index (χ0) is 18.8. The molecule has 0 saturated carbocycles. The fourth-order valence-electron chi connectivity index (χ4n) is 2.63. The van der Waals surface area contributed by atoms with Crippen molar-refractivity contribution in [3.63, 3.8) is 0 Å². The molecule has 0 aliphatic carbocycles. The molecule has 1 aromatic heterocycles. The van der Waals surface area contributed by atoms with Crippen LogP contribution in [0.25, 0.3) is 22.6 Å². The molecule has 0 aliphatic rings. The van der Waals surface area contributed by atoms with Gasteiger partial charge in [-0.1, -0.05) is 26.0 Å². The average Bonchev–Trinajstić information content (AvgIpc) is 2.99. The van der Waals surface area contributed by atoms with Gasteiger partial charge in [-0.3, -0.25) is 4.79 Å². The van der Waals surface area contributed by atoms with Gasteiger partial charge in [-0.05, 0) is 60.5 Å². The first-order chi connectivity index (χ1) is 12.3. The molecule has 0 unspecified atom stereocenters. The maximum absolute atomic E-state index is 11.1. The number of aromatic nitrogens is 1. The number of nitrogens with zero attached hydrogens (tertiary/aromatic N) is 1. The van der Waals surface area contributed by atoms with Gasteiger partial charge in [-0.25, -0.2) is 4.98 Å². The molecule has 0 fully saturated rings. The van der Waals surface area contributed by atoms with Gasteiger partial charge < -0.3 is 15.1 Å². The van der Waals surface area contributed by atoms with Crippen molar-refractivity contribution < 1.29 is 9.21 Å². The highest BCUT2D eigenvalue weighted by atomic mass is 32.1. The van der Waals surface area contributed by atoms with Crippen molar-refractivity contribution in [3.05, 3.63) is 47.5 Å². The lowest BCUT2D eigenvalue weighted by molar-refractivity contribution is -0.117. The van der Waals surface area contributed by atoms with E-state index in [1.807, 2.05) is 31.2 Å². The third-order valence-electron chi connectivity index (χ3n) is 4.10. The van der Waals surface area contributed by atoms with Crippen LogP contribution in [0.1, 0.15) is 37.8 Å². The molecule has 0 bridgehead atoms. The Morgan fingerprint density at radius 1 is 1.19 bits per heavy atom. The number of thiocarbonyl (C=S) groups is 1. The fraction of sp³-hybridized carbons (Fsp3) is 0.250. The second kappa shape index (κ2) is 7.25. The van der Waals surface area contributed by atoms with E-state index in [1.165, 1.54) is 12.5 Å². The highest BCUT2D eigenvalue weighted by Gasteiger charge is 2.12. The lowest BCUT2D eigenvalue weighted by atomic mass is 10.0. The smallest absolute Gasteiger partial charge is 0.227 e. The maximum atomic E-state index is 11.1. The number of benzene rings is 2. The number of carbonyl (C=O) groups excluding carboxylic acids is 1. The molecule has 0 atom stereocenters. The van der Waals surface area contributed by atoms with E-state index in [9.17, 15) is 4.79 Å². The van der Waals surface area contributed by atoms with Crippen LogP contribution in [0.15, 0.2) is 40.8 Å². The zero-order valence-corrected chi connectivity index (χ0v) is 16.0. The first kappa shape index (κ1) is 18.1. The average molecular weight is 367 g/mol. The van der Waals surface area contributed by atoms with Gasteiger partial charge >= 0.3 is 0 Å². The number of aryl methyl sites for hydroxylation is 1. The third-order valence-corrected chi connectivity index (χ3v) is 4.30. The summed E-state index contributed by atoms with van der Waals surface area (Å²) in [6.07, 6.45) is 0. The van der Waals surface area contributed by atoms with Gasteiger partial charge in [-0.2, -0.15) is 0 Å². The Kier molecular flexibility index (Phi) is 5.04. The fourth-order valence-corrected chi connectivity index (χ4v) is 2.88. The Hall–Kier alpha value is -2.73. The van der Waals surface area contributed by atoms with E-state index in [2.05, 4.69) is 41.6 Å². The minimum absolute atomic E-state index is 0.212. The van der Waals surface area contributed by atoms with Crippen LogP contribution in [0, 0.1) is 6.92 Å². The number of anilines is 1. The van der Waals surface area contributed by atoms with E-state index < -0.39 is 0 Å². The number of fused-ring (bicyclic) bond motifs is 1. The molecule has 0 aliphatic heterocycles. The number of rotatable bonds is 3. The first-order valence-electron chi connectivity index (χ1n) is 8.43. The summed E-state index contributed by atoms with van der Waals surface area (Å²) >= 11 is 5.14. The monoisotopic (exact) mass is 367 g/mol. The maximum Gasteiger partial charge on any atom is 0.227 e. The molecule has 3 aromatic rings. The molecule has 134 valence electrons. The van der Waals surface area contributed by atoms with Gasteiger partial charge in [0.25, 0.3) is 0 Å². The number of nitrogens with one attached hydrogen (secondary N) is 2. The van der Waals surface area contributed by atoms with Gasteiger partial charge in [0.15, 0.2) is 10.7 Å². The summed E-state index contributed by atoms with van der Waals surface area (Å²) < 4.78 is 5.91. The minimum Gasteiger partial charge on any atom is -0.436 e. The summed E-state index contributed by atoms with van der Waals surface area (Å²) in [6.45, 7) is 7.68. The number of carbonyl (C=O) groups is 1. The highest BCUT2D eigenvalue weighted by molar-refractivity contribution is 7.80. The van der Waals surface area contributed by atoms with Crippen LogP contribution in [0.2, 0.25) is 0 Å². The second-order valence-electron chi connectivity index (χ2n) is 6.57. The predicted octanol–water partition coefficient (Wildman–Crippen LogP) is 4.76. The lowest BCUT2D eigenvalue weighted by Gasteiger charge is -2.11. The summed E-state index contributed by atoms with van der Waals surface area (Å²) in [7, 11) is 0. The molecular weight excluding hydrogens is 346 g/mol. The standard InChI is InChI=1S/C20H21N3O2S/c1-11(2)14-7-8-18-17(9-14)22-19(25-18)15-6-5-12(3)16(10-15)23-20(26)21-13(4)24/h5-11H,1-4H3,(H2,21,23,24,26). The molecule has 6 heteroatoms. The molecular formula is C20H21N3O2S. The molecule has 2 N–H and O–H groups in total. The van der Waals surface area contributed by atoms with E-state index >= 15 is 0 Å². The Morgan fingerprint density at radius 2 is 1.96 bits per heavy atom. The Bertz CT molecular complexity index is 992. The topological polar surface area (TPSA) is 67.2 Å². The molecule has 26 heavy (non-hydrogen) atoms. The molecule has 1 amide bonds. The van der Waals surface area contributed by atoms with Gasteiger partial charge in [0.1, 0.15) is 5.52 Å². The quantitative estimate of drug-likeness (QED) is 0.653. The second-order valence-corrected chi connectivity index (χ2v) is 6.97. The highest BCUT2D eigenvalue weighted by Crippen LogP contribution is 2.29. The normalized spacial score (nSPS) is 11.0. The summed E-state index contributed by atoms with van der Waals surface area (Å²) in [6, 6.07) is 11.9. The molecule has 1 heterocycles. The van der Waals surface area contributed by atoms with Crippen molar-refractivity contribution in [2.75, 3.05) is 5.32 Å². The van der Waals surface area contributed by atoms with E-state index in [1.54, 1.807) is 0 Å². The van der Waals surface area contributed by atoms with Crippen molar-refractivity contribution in [2.45, 2.75) is 33.6 Å². The molecule has 5 nitrogen and oxygen atoms in total. The first-order valence-corrected chi connectivity index (χ1v) is 8.84. The van der Waals surface area contributed by atoms with Crippen molar-refractivity contribution in [2.24, 2.45) is 0 Å². The van der Waals surface area contributed by atoms with Crippen molar-refractivity contribution >= 4 is 40.0 Å². The van der Waals surface area contributed by atoms with Gasteiger partial charge in [0, 0.05) is 18.2 Å². The van der Waals surface area contributed by atoms with Crippen LogP contribution in [0.5, 0.6) is 0 Å². The minimum atomic E-state index is -0.212. The Morgan fingerprint density at radius 3 is 2.65 bits per heavy atom. The van der Waals surface area contributed by atoms with Gasteiger partial charge in [-0.15, -0.1) is 0 Å².